The molecule has 0 saturated carbocycles. The molecule has 0 aliphatic carbocycles. The summed E-state index contributed by atoms with van der Waals surface area (Å²) in [5, 5.41) is 13.7. The summed E-state index contributed by atoms with van der Waals surface area (Å²) >= 11 is 5.65. The van der Waals surface area contributed by atoms with Crippen LogP contribution in [0.25, 0.3) is 0 Å². The molecule has 0 aliphatic rings. The number of anilines is 1. The fourth-order valence-electron chi connectivity index (χ4n) is 1.96. The highest BCUT2D eigenvalue weighted by Gasteiger charge is 2.17. The summed E-state index contributed by atoms with van der Waals surface area (Å²) in [5.41, 5.74) is -0.00663. The van der Waals surface area contributed by atoms with Crippen LogP contribution in [0.3, 0.4) is 0 Å². The van der Waals surface area contributed by atoms with Crippen molar-refractivity contribution < 1.29 is 9.31 Å². The first-order chi connectivity index (χ1) is 9.56. The molecule has 6 heteroatoms. The standard InChI is InChI=1S/C14H20ClFN2O2/c1-2-3-4-5-6-7-8-17-13-9-11(15)12(16)10-14(13)18(19)20/h9-10,17H,2-8H2,1H3. The Kier molecular flexibility index (Phi) is 7.30. The Hall–Kier alpha value is -1.36. The largest absolute Gasteiger partial charge is 0.379 e. The van der Waals surface area contributed by atoms with Crippen LogP contribution in [0.2, 0.25) is 5.02 Å². The summed E-state index contributed by atoms with van der Waals surface area (Å²) in [6, 6.07) is 2.12. The third-order valence-corrected chi connectivity index (χ3v) is 3.37. The number of halogens is 2. The topological polar surface area (TPSA) is 55.2 Å². The Morgan fingerprint density at radius 2 is 1.90 bits per heavy atom. The van der Waals surface area contributed by atoms with Crippen molar-refractivity contribution in [3.8, 4) is 0 Å². The summed E-state index contributed by atoms with van der Waals surface area (Å²) in [5.74, 6) is -0.775. The lowest BCUT2D eigenvalue weighted by Gasteiger charge is -2.08. The molecule has 0 heterocycles. The van der Waals surface area contributed by atoms with Crippen LogP contribution in [-0.2, 0) is 0 Å². The van der Waals surface area contributed by atoms with E-state index in [1.54, 1.807) is 0 Å². The first-order valence-electron chi connectivity index (χ1n) is 6.93. The maximum absolute atomic E-state index is 13.2. The average molecular weight is 303 g/mol. The predicted octanol–water partition coefficient (Wildman–Crippen LogP) is 5.16. The predicted molar refractivity (Wildman–Crippen MR) is 79.9 cm³/mol. The lowest BCUT2D eigenvalue weighted by molar-refractivity contribution is -0.384. The molecule has 0 saturated heterocycles. The van der Waals surface area contributed by atoms with E-state index in [0.717, 1.165) is 18.9 Å². The second-order valence-electron chi connectivity index (χ2n) is 4.74. The minimum absolute atomic E-state index is 0.110. The molecule has 112 valence electrons. The van der Waals surface area contributed by atoms with E-state index in [2.05, 4.69) is 12.2 Å². The maximum atomic E-state index is 13.2. The molecule has 1 rings (SSSR count). The van der Waals surface area contributed by atoms with Crippen molar-refractivity contribution in [2.75, 3.05) is 11.9 Å². The Balaban J connectivity index is 2.47. The fraction of sp³-hybridized carbons (Fsp3) is 0.571. The van der Waals surface area contributed by atoms with Gasteiger partial charge < -0.3 is 5.32 Å². The highest BCUT2D eigenvalue weighted by molar-refractivity contribution is 6.31. The third-order valence-electron chi connectivity index (χ3n) is 3.08. The smallest absolute Gasteiger partial charge is 0.295 e. The van der Waals surface area contributed by atoms with E-state index < -0.39 is 10.7 Å². The number of hydrogen-bond acceptors (Lipinski definition) is 3. The molecule has 20 heavy (non-hydrogen) atoms. The van der Waals surface area contributed by atoms with Gasteiger partial charge in [0.15, 0.2) is 0 Å². The fourth-order valence-corrected chi connectivity index (χ4v) is 2.12. The minimum atomic E-state index is -0.775. The van der Waals surface area contributed by atoms with Gasteiger partial charge in [-0.05, 0) is 12.5 Å². The van der Waals surface area contributed by atoms with E-state index in [9.17, 15) is 14.5 Å². The molecule has 0 fully saturated rings. The third kappa shape index (κ3) is 5.33. The molecule has 4 nitrogen and oxygen atoms in total. The van der Waals surface area contributed by atoms with Gasteiger partial charge in [-0.25, -0.2) is 4.39 Å². The molecule has 0 radical (unpaired) electrons. The van der Waals surface area contributed by atoms with E-state index in [4.69, 9.17) is 11.6 Å². The van der Waals surface area contributed by atoms with Crippen molar-refractivity contribution in [3.63, 3.8) is 0 Å². The van der Waals surface area contributed by atoms with E-state index in [-0.39, 0.29) is 16.4 Å². The van der Waals surface area contributed by atoms with Gasteiger partial charge in [-0.2, -0.15) is 0 Å². The van der Waals surface area contributed by atoms with Gasteiger partial charge in [-0.15, -0.1) is 0 Å². The molecule has 0 unspecified atom stereocenters. The molecule has 1 N–H and O–H groups in total. The zero-order valence-corrected chi connectivity index (χ0v) is 12.4. The normalized spacial score (nSPS) is 10.6. The summed E-state index contributed by atoms with van der Waals surface area (Å²) in [7, 11) is 0. The monoisotopic (exact) mass is 302 g/mol. The highest BCUT2D eigenvalue weighted by atomic mass is 35.5. The zero-order chi connectivity index (χ0) is 15.0. The molecule has 0 spiro atoms. The molecule has 1 aromatic rings. The van der Waals surface area contributed by atoms with Gasteiger partial charge in [0.05, 0.1) is 16.0 Å². The molecular formula is C14H20ClFN2O2. The lowest BCUT2D eigenvalue weighted by Crippen LogP contribution is -2.05. The molecule has 1 aromatic carbocycles. The molecule has 0 aromatic heterocycles. The van der Waals surface area contributed by atoms with Gasteiger partial charge in [0.1, 0.15) is 11.5 Å². The highest BCUT2D eigenvalue weighted by Crippen LogP contribution is 2.30. The van der Waals surface area contributed by atoms with Gasteiger partial charge in [-0.1, -0.05) is 50.6 Å². The second kappa shape index (κ2) is 8.74. The summed E-state index contributed by atoms with van der Waals surface area (Å²) in [6.45, 7) is 2.79. The van der Waals surface area contributed by atoms with Crippen molar-refractivity contribution in [3.05, 3.63) is 33.1 Å². The summed E-state index contributed by atoms with van der Waals surface area (Å²) in [4.78, 5) is 10.2. The lowest BCUT2D eigenvalue weighted by atomic mass is 10.1. The van der Waals surface area contributed by atoms with Crippen LogP contribution in [0, 0.1) is 15.9 Å². The van der Waals surface area contributed by atoms with Crippen LogP contribution in [0.5, 0.6) is 0 Å². The molecule has 0 atom stereocenters. The van der Waals surface area contributed by atoms with Crippen molar-refractivity contribution in [1.82, 2.24) is 0 Å². The van der Waals surface area contributed by atoms with E-state index in [1.807, 2.05) is 0 Å². The Morgan fingerprint density at radius 1 is 1.25 bits per heavy atom. The quantitative estimate of drug-likeness (QED) is 0.389. The van der Waals surface area contributed by atoms with Crippen LogP contribution in [0.15, 0.2) is 12.1 Å². The Labute approximate surface area is 123 Å². The van der Waals surface area contributed by atoms with E-state index in [1.165, 1.54) is 31.7 Å². The summed E-state index contributed by atoms with van der Waals surface area (Å²) < 4.78 is 13.2. The van der Waals surface area contributed by atoms with Gasteiger partial charge >= 0.3 is 0 Å². The number of nitro groups is 1. The molecule has 0 amide bonds. The Morgan fingerprint density at radius 3 is 2.55 bits per heavy atom. The van der Waals surface area contributed by atoms with Gasteiger partial charge in [0.25, 0.3) is 5.69 Å². The molecular weight excluding hydrogens is 283 g/mol. The van der Waals surface area contributed by atoms with Crippen LogP contribution >= 0.6 is 11.6 Å². The van der Waals surface area contributed by atoms with Crippen LogP contribution < -0.4 is 5.32 Å². The first-order valence-corrected chi connectivity index (χ1v) is 7.31. The number of nitrogens with zero attached hydrogens (tertiary/aromatic N) is 1. The SMILES string of the molecule is CCCCCCCCNc1cc(Cl)c(F)cc1[N+](=O)[O-]. The number of unbranched alkanes of at least 4 members (excludes halogenated alkanes) is 5. The first kappa shape index (κ1) is 16.7. The van der Waals surface area contributed by atoms with Crippen molar-refractivity contribution in [1.29, 1.82) is 0 Å². The van der Waals surface area contributed by atoms with Crippen molar-refractivity contribution in [2.24, 2.45) is 0 Å². The number of hydrogen-bond donors (Lipinski definition) is 1. The van der Waals surface area contributed by atoms with Crippen LogP contribution in [0.1, 0.15) is 45.4 Å². The maximum Gasteiger partial charge on any atom is 0.295 e. The molecule has 0 bridgehead atoms. The number of rotatable bonds is 9. The van der Waals surface area contributed by atoms with Crippen molar-refractivity contribution >= 4 is 23.0 Å². The second-order valence-corrected chi connectivity index (χ2v) is 5.14. The molecule has 0 aliphatic heterocycles. The van der Waals surface area contributed by atoms with Crippen molar-refractivity contribution in [2.45, 2.75) is 45.4 Å². The van der Waals surface area contributed by atoms with Crippen LogP contribution in [0.4, 0.5) is 15.8 Å². The Bertz CT molecular complexity index is 455. The average Bonchev–Trinajstić information content (AvgIpc) is 2.41. The number of nitro benzene ring substituents is 1. The van der Waals surface area contributed by atoms with E-state index >= 15 is 0 Å². The van der Waals surface area contributed by atoms with Gasteiger partial charge in [-0.3, -0.25) is 10.1 Å². The van der Waals surface area contributed by atoms with Gasteiger partial charge in [0.2, 0.25) is 0 Å². The summed E-state index contributed by atoms with van der Waals surface area (Å²) in [6.07, 6.45) is 6.84. The zero-order valence-electron chi connectivity index (χ0n) is 11.6. The number of benzene rings is 1. The van der Waals surface area contributed by atoms with Crippen LogP contribution in [-0.4, -0.2) is 11.5 Å². The van der Waals surface area contributed by atoms with E-state index in [0.29, 0.717) is 6.54 Å². The van der Waals surface area contributed by atoms with Gasteiger partial charge in [0, 0.05) is 6.54 Å². The number of nitrogens with one attached hydrogen (secondary N) is 1. The minimum Gasteiger partial charge on any atom is -0.379 e.